The highest BCUT2D eigenvalue weighted by Crippen LogP contribution is 2.36. The SMILES string of the molecule is CCOc1ccccc1C=C1C(=O)N(c2ccc([N+](=O)[O-])cc2)C(C)=C1C(=O)OC. The van der Waals surface area contributed by atoms with Crippen molar-refractivity contribution in [1.29, 1.82) is 0 Å². The molecule has 1 aliphatic heterocycles. The molecule has 0 saturated heterocycles. The van der Waals surface area contributed by atoms with Crippen molar-refractivity contribution >= 4 is 29.3 Å². The van der Waals surface area contributed by atoms with E-state index in [1.165, 1.54) is 36.3 Å². The summed E-state index contributed by atoms with van der Waals surface area (Å²) in [5, 5.41) is 10.9. The number of anilines is 1. The minimum Gasteiger partial charge on any atom is -0.493 e. The molecule has 0 atom stereocenters. The van der Waals surface area contributed by atoms with Gasteiger partial charge in [0.25, 0.3) is 11.6 Å². The van der Waals surface area contributed by atoms with E-state index in [4.69, 9.17) is 9.47 Å². The quantitative estimate of drug-likeness (QED) is 0.311. The van der Waals surface area contributed by atoms with E-state index < -0.39 is 16.8 Å². The van der Waals surface area contributed by atoms with Crippen LogP contribution < -0.4 is 9.64 Å². The van der Waals surface area contributed by atoms with E-state index in [-0.39, 0.29) is 16.8 Å². The van der Waals surface area contributed by atoms with Crippen molar-refractivity contribution in [3.05, 3.63) is 81.1 Å². The number of esters is 1. The van der Waals surface area contributed by atoms with E-state index in [1.54, 1.807) is 31.2 Å². The lowest BCUT2D eigenvalue weighted by Crippen LogP contribution is -2.24. The number of para-hydroxylation sites is 1. The average Bonchev–Trinajstić information content (AvgIpc) is 2.98. The third kappa shape index (κ3) is 3.80. The molecule has 0 saturated carbocycles. The maximum atomic E-state index is 13.3. The number of carbonyl (C=O) groups excluding carboxylic acids is 2. The molecular weight excluding hydrogens is 388 g/mol. The van der Waals surface area contributed by atoms with Crippen LogP contribution in [-0.4, -0.2) is 30.5 Å². The summed E-state index contributed by atoms with van der Waals surface area (Å²) >= 11 is 0. The first-order valence-corrected chi connectivity index (χ1v) is 9.21. The lowest BCUT2D eigenvalue weighted by Gasteiger charge is -2.17. The van der Waals surface area contributed by atoms with Crippen LogP contribution in [0.2, 0.25) is 0 Å². The Morgan fingerprint density at radius 1 is 1.17 bits per heavy atom. The second-order valence-corrected chi connectivity index (χ2v) is 6.39. The number of rotatable bonds is 6. The molecule has 0 N–H and O–H groups in total. The lowest BCUT2D eigenvalue weighted by molar-refractivity contribution is -0.384. The molecule has 0 aliphatic carbocycles. The van der Waals surface area contributed by atoms with Gasteiger partial charge in [0.15, 0.2) is 0 Å². The molecule has 3 rings (SSSR count). The first-order chi connectivity index (χ1) is 14.4. The number of nitrogens with zero attached hydrogens (tertiary/aromatic N) is 2. The molecule has 0 aromatic heterocycles. The predicted molar refractivity (Wildman–Crippen MR) is 111 cm³/mol. The van der Waals surface area contributed by atoms with Crippen molar-refractivity contribution in [2.75, 3.05) is 18.6 Å². The van der Waals surface area contributed by atoms with Crippen molar-refractivity contribution in [2.24, 2.45) is 0 Å². The molecule has 1 aliphatic rings. The number of amides is 1. The normalized spacial score (nSPS) is 15.0. The van der Waals surface area contributed by atoms with Crippen molar-refractivity contribution in [3.8, 4) is 5.75 Å². The van der Waals surface area contributed by atoms with E-state index in [9.17, 15) is 19.7 Å². The molecular formula is C22H20N2O6. The van der Waals surface area contributed by atoms with Crippen LogP contribution in [0.15, 0.2) is 65.4 Å². The smallest absolute Gasteiger partial charge is 0.340 e. The molecule has 8 heteroatoms. The van der Waals surface area contributed by atoms with Gasteiger partial charge in [-0.05, 0) is 38.1 Å². The first kappa shape index (κ1) is 20.8. The van der Waals surface area contributed by atoms with Crippen LogP contribution in [0.1, 0.15) is 19.4 Å². The molecule has 0 fully saturated rings. The van der Waals surface area contributed by atoms with Gasteiger partial charge in [-0.1, -0.05) is 18.2 Å². The Kier molecular flexibility index (Phi) is 5.96. The predicted octanol–water partition coefficient (Wildman–Crippen LogP) is 3.87. The number of ether oxygens (including phenoxy) is 2. The minimum absolute atomic E-state index is 0.0957. The highest BCUT2D eigenvalue weighted by Gasteiger charge is 2.38. The van der Waals surface area contributed by atoms with Crippen molar-refractivity contribution in [3.63, 3.8) is 0 Å². The van der Waals surface area contributed by atoms with Crippen LogP contribution in [0, 0.1) is 10.1 Å². The number of nitro benzene ring substituents is 1. The summed E-state index contributed by atoms with van der Waals surface area (Å²) in [6, 6.07) is 12.7. The van der Waals surface area contributed by atoms with Crippen LogP contribution in [0.4, 0.5) is 11.4 Å². The van der Waals surface area contributed by atoms with Gasteiger partial charge in [0.1, 0.15) is 5.75 Å². The number of allylic oxidation sites excluding steroid dienone is 1. The summed E-state index contributed by atoms with van der Waals surface area (Å²) in [5.74, 6) is -0.505. The molecule has 1 amide bonds. The van der Waals surface area contributed by atoms with Crippen molar-refractivity contribution in [2.45, 2.75) is 13.8 Å². The summed E-state index contributed by atoms with van der Waals surface area (Å²) in [7, 11) is 1.24. The van der Waals surface area contributed by atoms with Gasteiger partial charge >= 0.3 is 5.97 Å². The Balaban J connectivity index is 2.12. The number of methoxy groups -OCH3 is 1. The molecule has 1 heterocycles. The molecule has 0 unspecified atom stereocenters. The summed E-state index contributed by atoms with van der Waals surface area (Å²) in [6.45, 7) is 3.92. The summed E-state index contributed by atoms with van der Waals surface area (Å²) in [6.07, 6.45) is 1.59. The van der Waals surface area contributed by atoms with Crippen LogP contribution in [0.25, 0.3) is 6.08 Å². The summed E-state index contributed by atoms with van der Waals surface area (Å²) in [5.41, 5.74) is 1.62. The fraction of sp³-hybridized carbons (Fsp3) is 0.182. The van der Waals surface area contributed by atoms with E-state index in [0.29, 0.717) is 29.3 Å². The average molecular weight is 408 g/mol. The zero-order chi connectivity index (χ0) is 21.8. The zero-order valence-electron chi connectivity index (χ0n) is 16.7. The van der Waals surface area contributed by atoms with Crippen LogP contribution in [-0.2, 0) is 14.3 Å². The Labute approximate surface area is 173 Å². The maximum absolute atomic E-state index is 13.3. The van der Waals surface area contributed by atoms with E-state index in [2.05, 4.69) is 0 Å². The van der Waals surface area contributed by atoms with Gasteiger partial charge in [-0.15, -0.1) is 0 Å². The monoisotopic (exact) mass is 408 g/mol. The Hall–Kier alpha value is -3.94. The van der Waals surface area contributed by atoms with E-state index in [1.807, 2.05) is 13.0 Å². The van der Waals surface area contributed by atoms with Crippen LogP contribution >= 0.6 is 0 Å². The molecule has 0 spiro atoms. The fourth-order valence-electron chi connectivity index (χ4n) is 3.26. The van der Waals surface area contributed by atoms with Gasteiger partial charge in [0, 0.05) is 29.1 Å². The lowest BCUT2D eigenvalue weighted by atomic mass is 10.0. The molecule has 0 radical (unpaired) electrons. The zero-order valence-corrected chi connectivity index (χ0v) is 16.7. The highest BCUT2D eigenvalue weighted by atomic mass is 16.6. The molecule has 2 aromatic carbocycles. The standard InChI is InChI=1S/C22H20N2O6/c1-4-30-19-8-6-5-7-15(19)13-18-20(22(26)29-3)14(2)23(21(18)25)16-9-11-17(12-10-16)24(27)28/h5-13H,4H2,1-3H3. The third-order valence-electron chi connectivity index (χ3n) is 4.63. The maximum Gasteiger partial charge on any atom is 0.340 e. The number of hydrogen-bond acceptors (Lipinski definition) is 6. The number of benzene rings is 2. The van der Waals surface area contributed by atoms with Gasteiger partial charge < -0.3 is 9.47 Å². The number of carbonyl (C=O) groups is 2. The number of hydrogen-bond donors (Lipinski definition) is 0. The molecule has 2 aromatic rings. The largest absolute Gasteiger partial charge is 0.493 e. The summed E-state index contributed by atoms with van der Waals surface area (Å²) < 4.78 is 10.5. The fourth-order valence-corrected chi connectivity index (χ4v) is 3.26. The minimum atomic E-state index is -0.648. The van der Waals surface area contributed by atoms with E-state index >= 15 is 0 Å². The second-order valence-electron chi connectivity index (χ2n) is 6.39. The first-order valence-electron chi connectivity index (χ1n) is 9.21. The Morgan fingerprint density at radius 3 is 2.43 bits per heavy atom. The van der Waals surface area contributed by atoms with Crippen molar-refractivity contribution < 1.29 is 24.0 Å². The Bertz CT molecular complexity index is 1070. The van der Waals surface area contributed by atoms with Gasteiger partial charge in [0.05, 0.1) is 29.8 Å². The highest BCUT2D eigenvalue weighted by molar-refractivity contribution is 6.23. The Morgan fingerprint density at radius 2 is 1.83 bits per heavy atom. The molecule has 8 nitrogen and oxygen atoms in total. The van der Waals surface area contributed by atoms with Gasteiger partial charge in [-0.3, -0.25) is 19.8 Å². The van der Waals surface area contributed by atoms with E-state index in [0.717, 1.165) is 0 Å². The van der Waals surface area contributed by atoms with Crippen LogP contribution in [0.3, 0.4) is 0 Å². The molecule has 30 heavy (non-hydrogen) atoms. The molecule has 154 valence electrons. The topological polar surface area (TPSA) is 99.0 Å². The third-order valence-corrected chi connectivity index (χ3v) is 4.63. The van der Waals surface area contributed by atoms with Gasteiger partial charge in [0.2, 0.25) is 0 Å². The summed E-state index contributed by atoms with van der Waals surface area (Å²) in [4.78, 5) is 37.5. The van der Waals surface area contributed by atoms with Gasteiger partial charge in [-0.25, -0.2) is 4.79 Å². The number of non-ortho nitro benzene ring substituents is 1. The molecule has 0 bridgehead atoms. The van der Waals surface area contributed by atoms with Crippen LogP contribution in [0.5, 0.6) is 5.75 Å². The second kappa shape index (κ2) is 8.60. The van der Waals surface area contributed by atoms with Gasteiger partial charge in [-0.2, -0.15) is 0 Å². The number of nitro groups is 1. The van der Waals surface area contributed by atoms with Crippen molar-refractivity contribution in [1.82, 2.24) is 0 Å².